The molecular formula is C21H26N2O4S. The minimum Gasteiger partial charge on any atom is -0.383 e. The Morgan fingerprint density at radius 2 is 1.75 bits per heavy atom. The molecule has 2 aromatic rings. The van der Waals surface area contributed by atoms with Crippen LogP contribution < -0.4 is 10.0 Å². The summed E-state index contributed by atoms with van der Waals surface area (Å²) in [7, 11) is -2.06. The number of carbonyl (C=O) groups is 1. The lowest BCUT2D eigenvalue weighted by Gasteiger charge is -2.17. The Bertz CT molecular complexity index is 924. The van der Waals surface area contributed by atoms with Crippen LogP contribution in [0.25, 0.3) is 0 Å². The quantitative estimate of drug-likeness (QED) is 0.665. The highest BCUT2D eigenvalue weighted by Crippen LogP contribution is 2.25. The van der Waals surface area contributed by atoms with Gasteiger partial charge in [-0.15, -0.1) is 0 Å². The largest absolute Gasteiger partial charge is 0.383 e. The highest BCUT2D eigenvalue weighted by molar-refractivity contribution is 7.92. The van der Waals surface area contributed by atoms with Crippen LogP contribution in [0.4, 0.5) is 5.69 Å². The van der Waals surface area contributed by atoms with E-state index in [1.165, 1.54) is 5.56 Å². The maximum absolute atomic E-state index is 12.7. The summed E-state index contributed by atoms with van der Waals surface area (Å²) in [5.41, 5.74) is 3.66. The first kappa shape index (κ1) is 20.4. The lowest BCUT2D eigenvalue weighted by atomic mass is 9.92. The summed E-state index contributed by atoms with van der Waals surface area (Å²) in [5, 5.41) is 2.76. The number of hydrogen-bond donors (Lipinski definition) is 2. The molecule has 2 aromatic carbocycles. The molecule has 0 atom stereocenters. The van der Waals surface area contributed by atoms with Gasteiger partial charge in [0.05, 0.1) is 17.9 Å². The van der Waals surface area contributed by atoms with Gasteiger partial charge < -0.3 is 10.1 Å². The van der Waals surface area contributed by atoms with Crippen molar-refractivity contribution in [1.82, 2.24) is 5.32 Å². The molecule has 28 heavy (non-hydrogen) atoms. The third kappa shape index (κ3) is 5.33. The zero-order valence-electron chi connectivity index (χ0n) is 16.0. The van der Waals surface area contributed by atoms with Crippen LogP contribution >= 0.6 is 0 Å². The first-order valence-corrected chi connectivity index (χ1v) is 11.0. The molecule has 0 fully saturated rings. The lowest BCUT2D eigenvalue weighted by molar-refractivity contribution is -0.120. The van der Waals surface area contributed by atoms with Crippen LogP contribution in [0, 0.1) is 0 Å². The molecule has 0 unspecified atom stereocenters. The van der Waals surface area contributed by atoms with Crippen molar-refractivity contribution < 1.29 is 17.9 Å². The topological polar surface area (TPSA) is 84.5 Å². The van der Waals surface area contributed by atoms with Gasteiger partial charge in [0.2, 0.25) is 5.91 Å². The van der Waals surface area contributed by atoms with Crippen LogP contribution in [-0.4, -0.2) is 34.6 Å². The third-order valence-corrected chi connectivity index (χ3v) is 6.21. The summed E-state index contributed by atoms with van der Waals surface area (Å²) in [6.45, 7) is 0.934. The number of benzene rings is 2. The van der Waals surface area contributed by atoms with Crippen LogP contribution in [0.1, 0.15) is 29.5 Å². The number of nitrogens with one attached hydrogen (secondary N) is 2. The van der Waals surface area contributed by atoms with Crippen molar-refractivity contribution in [1.29, 1.82) is 0 Å². The Hall–Kier alpha value is -2.38. The Kier molecular flexibility index (Phi) is 6.70. The second-order valence-corrected chi connectivity index (χ2v) is 8.64. The Morgan fingerprint density at radius 3 is 2.46 bits per heavy atom. The van der Waals surface area contributed by atoms with E-state index >= 15 is 0 Å². The van der Waals surface area contributed by atoms with Crippen LogP contribution in [0.15, 0.2) is 47.4 Å². The van der Waals surface area contributed by atoms with E-state index in [1.807, 2.05) is 6.07 Å². The number of carbonyl (C=O) groups excluding carboxylic acids is 1. The van der Waals surface area contributed by atoms with E-state index in [0.29, 0.717) is 18.8 Å². The van der Waals surface area contributed by atoms with Gasteiger partial charge in [0.25, 0.3) is 10.0 Å². The fourth-order valence-corrected chi connectivity index (χ4v) is 4.43. The SMILES string of the molecule is COCCNC(=O)Cc1ccc(NS(=O)(=O)c2ccc3c(c2)CCCC3)cc1. The van der Waals surface area contributed by atoms with Crippen molar-refractivity contribution in [2.24, 2.45) is 0 Å². The van der Waals surface area contributed by atoms with E-state index in [-0.39, 0.29) is 17.2 Å². The minimum absolute atomic E-state index is 0.0977. The molecule has 0 radical (unpaired) electrons. The average molecular weight is 403 g/mol. The molecule has 6 nitrogen and oxygen atoms in total. The summed E-state index contributed by atoms with van der Waals surface area (Å²) in [4.78, 5) is 12.1. The molecule has 7 heteroatoms. The van der Waals surface area contributed by atoms with Gasteiger partial charge in [-0.05, 0) is 66.6 Å². The smallest absolute Gasteiger partial charge is 0.261 e. The van der Waals surface area contributed by atoms with Crippen molar-refractivity contribution in [2.75, 3.05) is 25.0 Å². The van der Waals surface area contributed by atoms with E-state index in [2.05, 4.69) is 10.0 Å². The first-order chi connectivity index (χ1) is 13.5. The van der Waals surface area contributed by atoms with Gasteiger partial charge in [-0.25, -0.2) is 8.42 Å². The molecule has 1 aliphatic carbocycles. The maximum Gasteiger partial charge on any atom is 0.261 e. The molecule has 0 aromatic heterocycles. The van der Waals surface area contributed by atoms with E-state index < -0.39 is 10.0 Å². The monoisotopic (exact) mass is 402 g/mol. The highest BCUT2D eigenvalue weighted by Gasteiger charge is 2.18. The number of ether oxygens (including phenoxy) is 1. The number of amides is 1. The number of hydrogen-bond acceptors (Lipinski definition) is 4. The second-order valence-electron chi connectivity index (χ2n) is 6.96. The van der Waals surface area contributed by atoms with Crippen molar-refractivity contribution in [3.05, 3.63) is 59.2 Å². The fourth-order valence-electron chi connectivity index (χ4n) is 3.32. The molecule has 0 aliphatic heterocycles. The molecular weight excluding hydrogens is 376 g/mol. The Balaban J connectivity index is 1.63. The number of anilines is 1. The van der Waals surface area contributed by atoms with Crippen molar-refractivity contribution in [2.45, 2.75) is 37.0 Å². The molecule has 0 saturated heterocycles. The van der Waals surface area contributed by atoms with E-state index in [4.69, 9.17) is 4.74 Å². The summed E-state index contributed by atoms with van der Waals surface area (Å²) in [6.07, 6.45) is 4.45. The van der Waals surface area contributed by atoms with Gasteiger partial charge in [0.1, 0.15) is 0 Å². The van der Waals surface area contributed by atoms with Gasteiger partial charge in [-0.1, -0.05) is 18.2 Å². The summed E-state index contributed by atoms with van der Waals surface area (Å²) < 4.78 is 32.9. The molecule has 1 amide bonds. The standard InChI is InChI=1S/C21H26N2O4S/c1-27-13-12-22-21(24)14-16-6-9-19(10-7-16)23-28(25,26)20-11-8-17-4-2-3-5-18(17)15-20/h6-11,15,23H,2-5,12-14H2,1H3,(H,22,24). The van der Waals surface area contributed by atoms with Gasteiger partial charge in [0, 0.05) is 19.3 Å². The van der Waals surface area contributed by atoms with E-state index in [0.717, 1.165) is 36.8 Å². The third-order valence-electron chi connectivity index (χ3n) is 4.83. The Morgan fingerprint density at radius 1 is 1.04 bits per heavy atom. The van der Waals surface area contributed by atoms with E-state index in [1.54, 1.807) is 43.5 Å². The highest BCUT2D eigenvalue weighted by atomic mass is 32.2. The normalized spacial score (nSPS) is 13.6. The van der Waals surface area contributed by atoms with Crippen LogP contribution in [0.3, 0.4) is 0 Å². The predicted octanol–water partition coefficient (Wildman–Crippen LogP) is 2.67. The molecule has 0 saturated carbocycles. The predicted molar refractivity (Wildman–Crippen MR) is 109 cm³/mol. The molecule has 0 spiro atoms. The summed E-state index contributed by atoms with van der Waals surface area (Å²) in [6, 6.07) is 12.2. The second kappa shape index (κ2) is 9.21. The first-order valence-electron chi connectivity index (χ1n) is 9.47. The van der Waals surface area contributed by atoms with E-state index in [9.17, 15) is 13.2 Å². The number of aryl methyl sites for hydroxylation is 2. The Labute approximate surface area is 166 Å². The molecule has 0 bridgehead atoms. The number of fused-ring (bicyclic) bond motifs is 1. The fraction of sp³-hybridized carbons (Fsp3) is 0.381. The van der Waals surface area contributed by atoms with Crippen LogP contribution in [0.2, 0.25) is 0 Å². The maximum atomic E-state index is 12.7. The lowest BCUT2D eigenvalue weighted by Crippen LogP contribution is -2.28. The molecule has 0 heterocycles. The number of rotatable bonds is 8. The number of sulfonamides is 1. The summed E-state index contributed by atoms with van der Waals surface area (Å²) >= 11 is 0. The zero-order chi connectivity index (χ0) is 20.0. The summed E-state index contributed by atoms with van der Waals surface area (Å²) in [5.74, 6) is -0.0977. The number of methoxy groups -OCH3 is 1. The van der Waals surface area contributed by atoms with Crippen molar-refractivity contribution in [3.8, 4) is 0 Å². The molecule has 2 N–H and O–H groups in total. The van der Waals surface area contributed by atoms with Gasteiger partial charge in [0.15, 0.2) is 0 Å². The molecule has 3 rings (SSSR count). The molecule has 1 aliphatic rings. The minimum atomic E-state index is -3.64. The van der Waals surface area contributed by atoms with Crippen LogP contribution in [-0.2, 0) is 38.8 Å². The molecule has 150 valence electrons. The van der Waals surface area contributed by atoms with Crippen molar-refractivity contribution in [3.63, 3.8) is 0 Å². The van der Waals surface area contributed by atoms with Crippen molar-refractivity contribution >= 4 is 21.6 Å². The van der Waals surface area contributed by atoms with Gasteiger partial charge in [-0.2, -0.15) is 0 Å². The van der Waals surface area contributed by atoms with Gasteiger partial charge >= 0.3 is 0 Å². The van der Waals surface area contributed by atoms with Crippen LogP contribution in [0.5, 0.6) is 0 Å². The van der Waals surface area contributed by atoms with Gasteiger partial charge in [-0.3, -0.25) is 9.52 Å². The average Bonchev–Trinajstić information content (AvgIpc) is 2.69. The zero-order valence-corrected chi connectivity index (χ0v) is 16.8.